The molecule has 1 N–H and O–H groups in total. The standard InChI is InChI=1S/C20H19BrClF4N3O4S/c1-19(2,3)34(32)27-8-7-14(18-12(22)5-4-6-17(18)33-20(24,25)26)28-15-9-11(21)13(23)10-16(15)29(30)31/h4-6,8-10,14,28H,7H2,1-3H3/t14-,34-/m1/s1. The first-order chi connectivity index (χ1) is 15.6. The average Bonchev–Trinajstić information content (AvgIpc) is 2.67. The summed E-state index contributed by atoms with van der Waals surface area (Å²) in [6, 6.07) is 4.15. The van der Waals surface area contributed by atoms with Crippen LogP contribution in [0.3, 0.4) is 0 Å². The van der Waals surface area contributed by atoms with Crippen LogP contribution >= 0.6 is 27.5 Å². The quantitative estimate of drug-likeness (QED) is 0.153. The molecule has 0 saturated heterocycles. The SMILES string of the molecule is CC(C)(C)[S@@](=O)N=CC[C@@H](Nc1cc(Br)c(F)cc1[N+](=O)[O-])c1c(Cl)cccc1OC(F)(F)F. The van der Waals surface area contributed by atoms with Crippen molar-refractivity contribution in [1.29, 1.82) is 0 Å². The van der Waals surface area contributed by atoms with Gasteiger partial charge in [0.25, 0.3) is 5.69 Å². The van der Waals surface area contributed by atoms with E-state index in [1.54, 1.807) is 20.8 Å². The number of halogens is 6. The summed E-state index contributed by atoms with van der Waals surface area (Å²) in [5.74, 6) is -1.55. The summed E-state index contributed by atoms with van der Waals surface area (Å²) in [5.41, 5.74) is -1.04. The first-order valence-corrected chi connectivity index (χ1v) is 11.8. The Labute approximate surface area is 208 Å². The fraction of sp³-hybridized carbons (Fsp3) is 0.350. The van der Waals surface area contributed by atoms with Gasteiger partial charge in [-0.3, -0.25) is 10.1 Å². The van der Waals surface area contributed by atoms with Gasteiger partial charge in [0.15, 0.2) is 0 Å². The summed E-state index contributed by atoms with van der Waals surface area (Å²) in [6.45, 7) is 5.04. The molecule has 2 aromatic rings. The molecule has 0 aliphatic carbocycles. The number of benzene rings is 2. The molecule has 0 amide bonds. The Morgan fingerprint density at radius 1 is 1.32 bits per heavy atom. The maximum Gasteiger partial charge on any atom is 0.573 e. The summed E-state index contributed by atoms with van der Waals surface area (Å²) in [5, 5.41) is 14.1. The molecule has 2 aromatic carbocycles. The van der Waals surface area contributed by atoms with Crippen molar-refractivity contribution < 1.29 is 31.4 Å². The van der Waals surface area contributed by atoms with Crippen LogP contribution in [0, 0.1) is 15.9 Å². The van der Waals surface area contributed by atoms with Gasteiger partial charge < -0.3 is 10.1 Å². The van der Waals surface area contributed by atoms with E-state index in [0.717, 1.165) is 12.1 Å². The van der Waals surface area contributed by atoms with Gasteiger partial charge in [0.05, 0.1) is 26.3 Å². The van der Waals surface area contributed by atoms with Crippen molar-refractivity contribution in [3.05, 3.63) is 61.3 Å². The first-order valence-electron chi connectivity index (χ1n) is 9.49. The van der Waals surface area contributed by atoms with E-state index in [9.17, 15) is 31.9 Å². The largest absolute Gasteiger partial charge is 0.573 e. The highest BCUT2D eigenvalue weighted by molar-refractivity contribution is 9.10. The minimum absolute atomic E-state index is 0.118. The summed E-state index contributed by atoms with van der Waals surface area (Å²) in [7, 11) is -1.67. The molecule has 2 atom stereocenters. The number of rotatable bonds is 8. The van der Waals surface area contributed by atoms with Crippen LogP contribution in [0.15, 0.2) is 39.2 Å². The van der Waals surface area contributed by atoms with Gasteiger partial charge in [0.1, 0.15) is 28.2 Å². The van der Waals surface area contributed by atoms with Gasteiger partial charge in [-0.05, 0) is 54.9 Å². The minimum atomic E-state index is -5.04. The highest BCUT2D eigenvalue weighted by atomic mass is 79.9. The van der Waals surface area contributed by atoms with Crippen molar-refractivity contribution in [3.63, 3.8) is 0 Å². The van der Waals surface area contributed by atoms with E-state index in [-0.39, 0.29) is 27.2 Å². The molecular weight excluding hydrogens is 570 g/mol. The molecule has 0 spiro atoms. The maximum absolute atomic E-state index is 13.9. The maximum atomic E-state index is 13.9. The molecular formula is C20H19BrClF4N3O4S. The lowest BCUT2D eigenvalue weighted by molar-refractivity contribution is -0.384. The van der Waals surface area contributed by atoms with Crippen LogP contribution in [-0.2, 0) is 11.0 Å². The second-order valence-electron chi connectivity index (χ2n) is 7.82. The van der Waals surface area contributed by atoms with Crippen LogP contribution in [-0.4, -0.2) is 26.5 Å². The normalized spacial score (nSPS) is 14.1. The highest BCUT2D eigenvalue weighted by Crippen LogP contribution is 2.40. The molecule has 7 nitrogen and oxygen atoms in total. The monoisotopic (exact) mass is 587 g/mol. The fourth-order valence-corrected chi connectivity index (χ4v) is 3.86. The lowest BCUT2D eigenvalue weighted by Gasteiger charge is -2.23. The third-order valence-electron chi connectivity index (χ3n) is 4.19. The summed E-state index contributed by atoms with van der Waals surface area (Å²) in [6.07, 6.45) is -4.02. The van der Waals surface area contributed by atoms with E-state index in [4.69, 9.17) is 11.6 Å². The fourth-order valence-electron chi connectivity index (χ4n) is 2.68. The highest BCUT2D eigenvalue weighted by Gasteiger charge is 2.34. The number of nitrogens with one attached hydrogen (secondary N) is 1. The Morgan fingerprint density at radius 2 is 1.97 bits per heavy atom. The summed E-state index contributed by atoms with van der Waals surface area (Å²) >= 11 is 9.13. The topological polar surface area (TPSA) is 93.8 Å². The van der Waals surface area contributed by atoms with Crippen molar-refractivity contribution in [3.8, 4) is 5.75 Å². The second kappa shape index (κ2) is 11.0. The van der Waals surface area contributed by atoms with Crippen LogP contribution in [0.5, 0.6) is 5.75 Å². The van der Waals surface area contributed by atoms with Gasteiger partial charge in [-0.15, -0.1) is 13.2 Å². The van der Waals surface area contributed by atoms with Gasteiger partial charge in [-0.25, -0.2) is 8.60 Å². The smallest absolute Gasteiger partial charge is 0.405 e. The molecule has 14 heteroatoms. The molecule has 0 heterocycles. The Balaban J connectivity index is 2.60. The van der Waals surface area contributed by atoms with E-state index in [1.165, 1.54) is 18.3 Å². The molecule has 0 fully saturated rings. The lowest BCUT2D eigenvalue weighted by atomic mass is 10.0. The molecule has 2 rings (SSSR count). The van der Waals surface area contributed by atoms with Crippen molar-refractivity contribution in [2.75, 3.05) is 5.32 Å². The number of nitro benzene ring substituents is 1. The van der Waals surface area contributed by atoms with Gasteiger partial charge in [0, 0.05) is 23.2 Å². The number of alkyl halides is 3. The van der Waals surface area contributed by atoms with Crippen molar-refractivity contribution in [2.45, 2.75) is 44.3 Å². The van der Waals surface area contributed by atoms with Crippen LogP contribution in [0.25, 0.3) is 0 Å². The Bertz CT molecular complexity index is 1130. The zero-order valence-corrected chi connectivity index (χ0v) is 21.1. The number of ether oxygens (including phenoxy) is 1. The van der Waals surface area contributed by atoms with E-state index in [0.29, 0.717) is 6.07 Å². The van der Waals surface area contributed by atoms with Crippen molar-refractivity contribution in [1.82, 2.24) is 0 Å². The van der Waals surface area contributed by atoms with Gasteiger partial charge in [-0.2, -0.15) is 4.40 Å². The van der Waals surface area contributed by atoms with Crippen LogP contribution in [0.1, 0.15) is 38.8 Å². The van der Waals surface area contributed by atoms with Crippen LogP contribution in [0.2, 0.25) is 5.02 Å². The van der Waals surface area contributed by atoms with Crippen molar-refractivity contribution >= 4 is 56.1 Å². The molecule has 0 radical (unpaired) electrons. The van der Waals surface area contributed by atoms with E-state index < -0.39 is 50.3 Å². The molecule has 0 aliphatic heterocycles. The molecule has 0 unspecified atom stereocenters. The molecule has 186 valence electrons. The third-order valence-corrected chi connectivity index (χ3v) is 6.51. The van der Waals surface area contributed by atoms with E-state index in [2.05, 4.69) is 30.4 Å². The number of hydrogen-bond donors (Lipinski definition) is 1. The number of hydrogen-bond acceptors (Lipinski definition) is 5. The lowest BCUT2D eigenvalue weighted by Crippen LogP contribution is -2.21. The van der Waals surface area contributed by atoms with Crippen LogP contribution in [0.4, 0.5) is 28.9 Å². The minimum Gasteiger partial charge on any atom is -0.405 e. The average molecular weight is 589 g/mol. The summed E-state index contributed by atoms with van der Waals surface area (Å²) in [4.78, 5) is 10.6. The zero-order chi connectivity index (χ0) is 25.8. The van der Waals surface area contributed by atoms with E-state index in [1.807, 2.05) is 0 Å². The Hall–Kier alpha value is -2.25. The van der Waals surface area contributed by atoms with Gasteiger partial charge in [0.2, 0.25) is 0 Å². The van der Waals surface area contributed by atoms with E-state index >= 15 is 0 Å². The number of anilines is 1. The predicted octanol–water partition coefficient (Wildman–Crippen LogP) is 7.12. The Morgan fingerprint density at radius 3 is 2.53 bits per heavy atom. The first kappa shape index (κ1) is 28.0. The van der Waals surface area contributed by atoms with Gasteiger partial charge in [-0.1, -0.05) is 17.7 Å². The molecule has 0 aromatic heterocycles. The van der Waals surface area contributed by atoms with Gasteiger partial charge >= 0.3 is 6.36 Å². The molecule has 0 aliphatic rings. The van der Waals surface area contributed by atoms with Crippen LogP contribution < -0.4 is 10.1 Å². The zero-order valence-electron chi connectivity index (χ0n) is 18.0. The third kappa shape index (κ3) is 7.64. The van der Waals surface area contributed by atoms with Crippen molar-refractivity contribution in [2.24, 2.45) is 4.40 Å². The molecule has 0 bridgehead atoms. The second-order valence-corrected chi connectivity index (χ2v) is 11.0. The number of nitrogens with zero attached hydrogens (tertiary/aromatic N) is 2. The molecule has 0 saturated carbocycles. The Kier molecular flexibility index (Phi) is 9.05. The molecule has 34 heavy (non-hydrogen) atoms. The summed E-state index contributed by atoms with van der Waals surface area (Å²) < 4.78 is 72.4. The number of nitro groups is 1. The predicted molar refractivity (Wildman–Crippen MR) is 126 cm³/mol.